The zero-order valence-corrected chi connectivity index (χ0v) is 28.3. The summed E-state index contributed by atoms with van der Waals surface area (Å²) in [7, 11) is 0. The highest BCUT2D eigenvalue weighted by Crippen LogP contribution is 2.22. The van der Waals surface area contributed by atoms with Crippen molar-refractivity contribution in [3.05, 3.63) is 59.7 Å². The Kier molecular flexibility index (Phi) is 20.2. The summed E-state index contributed by atoms with van der Waals surface area (Å²) in [4.78, 5) is 29.9. The first kappa shape index (κ1) is 37.5. The highest BCUT2D eigenvalue weighted by molar-refractivity contribution is 5.72. The summed E-state index contributed by atoms with van der Waals surface area (Å²) < 4.78 is 11.4. The van der Waals surface area contributed by atoms with Gasteiger partial charge in [0, 0.05) is 0 Å². The number of unbranched alkanes of at least 4 members (excludes halogenated alkanes) is 8. The molecule has 6 heteroatoms. The van der Waals surface area contributed by atoms with Crippen molar-refractivity contribution in [3.8, 4) is 11.1 Å². The Balaban J connectivity index is 1.91. The van der Waals surface area contributed by atoms with E-state index in [1.54, 1.807) is 0 Å². The zero-order valence-electron chi connectivity index (χ0n) is 28.3. The summed E-state index contributed by atoms with van der Waals surface area (Å²) in [5.41, 5.74) is 4.01. The fraction of sp³-hybridized carbons (Fsp3) is 0.632. The molecule has 0 aliphatic rings. The molecule has 0 spiro atoms. The molecule has 2 rings (SSSR count). The predicted molar refractivity (Wildman–Crippen MR) is 182 cm³/mol. The van der Waals surface area contributed by atoms with Gasteiger partial charge in [-0.25, -0.2) is 0 Å². The molecule has 0 unspecified atom stereocenters. The minimum atomic E-state index is -0.165. The number of hydrogen-bond donors (Lipinski definition) is 0. The number of carbonyl (C=O) groups is 2. The van der Waals surface area contributed by atoms with Crippen LogP contribution in [0.4, 0.5) is 0 Å². The maximum atomic E-state index is 12.7. The largest absolute Gasteiger partial charge is 0.460 e. The number of rotatable bonds is 25. The van der Waals surface area contributed by atoms with Gasteiger partial charge < -0.3 is 9.47 Å². The fourth-order valence-corrected chi connectivity index (χ4v) is 5.35. The van der Waals surface area contributed by atoms with Crippen molar-refractivity contribution in [2.24, 2.45) is 0 Å². The minimum absolute atomic E-state index is 0.165. The van der Waals surface area contributed by atoms with Crippen LogP contribution in [-0.4, -0.2) is 61.0 Å². The van der Waals surface area contributed by atoms with Crippen LogP contribution in [0.25, 0.3) is 11.1 Å². The van der Waals surface area contributed by atoms with Crippen LogP contribution in [0.15, 0.2) is 48.5 Å². The molecular weight excluding hydrogens is 548 g/mol. The van der Waals surface area contributed by atoms with Crippen molar-refractivity contribution in [2.45, 2.75) is 118 Å². The molecule has 0 saturated heterocycles. The summed E-state index contributed by atoms with van der Waals surface area (Å²) in [5, 5.41) is 0. The highest BCUT2D eigenvalue weighted by atomic mass is 16.5. The molecule has 0 N–H and O–H groups in total. The number of nitrogens with zero attached hydrogens (tertiary/aromatic N) is 2. The average Bonchev–Trinajstić information content (AvgIpc) is 3.03. The second kappa shape index (κ2) is 23.7. The van der Waals surface area contributed by atoms with E-state index < -0.39 is 0 Å². The van der Waals surface area contributed by atoms with Gasteiger partial charge in [-0.15, -0.1) is 0 Å². The Bertz CT molecular complexity index is 953. The molecule has 0 aliphatic heterocycles. The van der Waals surface area contributed by atoms with Crippen LogP contribution >= 0.6 is 0 Å². The number of esters is 2. The molecule has 0 amide bonds. The zero-order chi connectivity index (χ0) is 31.8. The lowest BCUT2D eigenvalue weighted by molar-refractivity contribution is -0.147. The summed E-state index contributed by atoms with van der Waals surface area (Å²) in [6.45, 7) is 13.8. The fourth-order valence-electron chi connectivity index (χ4n) is 5.35. The number of ether oxygens (including phenoxy) is 2. The van der Waals surface area contributed by atoms with Gasteiger partial charge in [-0.2, -0.15) is 0 Å². The van der Waals surface area contributed by atoms with E-state index in [-0.39, 0.29) is 25.2 Å². The molecule has 0 aromatic heterocycles. The van der Waals surface area contributed by atoms with Crippen molar-refractivity contribution in [1.82, 2.24) is 9.80 Å². The Morgan fingerprint density at radius 3 is 1.18 bits per heavy atom. The quantitative estimate of drug-likeness (QED) is 0.0829. The van der Waals surface area contributed by atoms with Crippen LogP contribution in [0.5, 0.6) is 0 Å². The van der Waals surface area contributed by atoms with E-state index in [4.69, 9.17) is 9.47 Å². The Morgan fingerprint density at radius 2 is 0.864 bits per heavy atom. The van der Waals surface area contributed by atoms with Gasteiger partial charge in [-0.3, -0.25) is 19.4 Å². The molecule has 44 heavy (non-hydrogen) atoms. The molecular formula is C38H60N2O4. The molecule has 0 saturated carbocycles. The van der Waals surface area contributed by atoms with Crippen LogP contribution in [0.3, 0.4) is 0 Å². The van der Waals surface area contributed by atoms with E-state index in [1.165, 1.54) is 51.4 Å². The van der Waals surface area contributed by atoms with Gasteiger partial charge in [0.05, 0.1) is 13.1 Å². The molecule has 0 fully saturated rings. The van der Waals surface area contributed by atoms with Gasteiger partial charge in [-0.05, 0) is 86.2 Å². The topological polar surface area (TPSA) is 59.1 Å². The van der Waals surface area contributed by atoms with E-state index in [1.807, 2.05) is 24.3 Å². The smallest absolute Gasteiger partial charge is 0.320 e. The second-order valence-electron chi connectivity index (χ2n) is 12.1. The maximum Gasteiger partial charge on any atom is 0.320 e. The summed E-state index contributed by atoms with van der Waals surface area (Å²) in [6.07, 6.45) is 13.9. The predicted octanol–water partition coefficient (Wildman–Crippen LogP) is 8.80. The van der Waals surface area contributed by atoms with Crippen LogP contribution in [0.1, 0.15) is 116 Å². The van der Waals surface area contributed by atoms with Crippen molar-refractivity contribution < 1.29 is 19.1 Å². The van der Waals surface area contributed by atoms with E-state index in [0.29, 0.717) is 13.1 Å². The first-order chi connectivity index (χ1) is 21.5. The summed E-state index contributed by atoms with van der Waals surface area (Å²) >= 11 is 0. The summed E-state index contributed by atoms with van der Waals surface area (Å²) in [6, 6.07) is 16.3. The van der Waals surface area contributed by atoms with E-state index in [2.05, 4.69) is 61.8 Å². The maximum absolute atomic E-state index is 12.7. The minimum Gasteiger partial charge on any atom is -0.460 e. The van der Waals surface area contributed by atoms with Gasteiger partial charge >= 0.3 is 11.9 Å². The van der Waals surface area contributed by atoms with Crippen LogP contribution in [0, 0.1) is 0 Å². The average molecular weight is 609 g/mol. The lowest BCUT2D eigenvalue weighted by Crippen LogP contribution is -2.32. The normalized spacial score (nSPS) is 11.3. The SMILES string of the molecule is CCCCCN(CCCCC)CC(=O)OCc1cccc(-c2cccc(COC(=O)CN(CCCCC)CCCCC)c2)c1. The van der Waals surface area contributed by atoms with E-state index >= 15 is 0 Å². The Hall–Kier alpha value is -2.70. The van der Waals surface area contributed by atoms with Gasteiger partial charge in [0.1, 0.15) is 13.2 Å². The molecule has 0 heterocycles. The standard InChI is InChI=1S/C38H60N2O4/c1-5-9-13-23-39(24-14-10-6-2)29-37(41)43-31-33-19-17-21-35(27-33)36-22-18-20-34(28-36)32-44-38(42)30-40(25-15-11-7-3)26-16-12-8-4/h17-22,27-28H,5-16,23-26,29-32H2,1-4H3. The number of hydrogen-bond acceptors (Lipinski definition) is 6. The van der Waals surface area contributed by atoms with Crippen LogP contribution in [-0.2, 0) is 32.3 Å². The number of benzene rings is 2. The van der Waals surface area contributed by atoms with Gasteiger partial charge in [0.15, 0.2) is 0 Å². The third kappa shape index (κ3) is 16.4. The van der Waals surface area contributed by atoms with Gasteiger partial charge in [0.25, 0.3) is 0 Å². The first-order valence-electron chi connectivity index (χ1n) is 17.4. The summed E-state index contributed by atoms with van der Waals surface area (Å²) in [5.74, 6) is -0.331. The molecule has 6 nitrogen and oxygen atoms in total. The third-order valence-corrected chi connectivity index (χ3v) is 8.00. The molecule has 0 atom stereocenters. The molecule has 2 aromatic rings. The number of carbonyl (C=O) groups excluding carboxylic acids is 2. The lowest BCUT2D eigenvalue weighted by atomic mass is 10.0. The van der Waals surface area contributed by atoms with Crippen LogP contribution in [0.2, 0.25) is 0 Å². The molecule has 2 aromatic carbocycles. The second-order valence-corrected chi connectivity index (χ2v) is 12.1. The van der Waals surface area contributed by atoms with Crippen molar-refractivity contribution in [3.63, 3.8) is 0 Å². The Labute approximate surface area is 268 Å². The van der Waals surface area contributed by atoms with Crippen LogP contribution < -0.4 is 0 Å². The molecule has 0 radical (unpaired) electrons. The Morgan fingerprint density at radius 1 is 0.523 bits per heavy atom. The molecule has 0 bridgehead atoms. The monoisotopic (exact) mass is 608 g/mol. The highest BCUT2D eigenvalue weighted by Gasteiger charge is 2.14. The van der Waals surface area contributed by atoms with Crippen molar-refractivity contribution >= 4 is 11.9 Å². The molecule has 246 valence electrons. The first-order valence-corrected chi connectivity index (χ1v) is 17.4. The van der Waals surface area contributed by atoms with E-state index in [0.717, 1.165) is 74.1 Å². The van der Waals surface area contributed by atoms with E-state index in [9.17, 15) is 9.59 Å². The van der Waals surface area contributed by atoms with Gasteiger partial charge in [-0.1, -0.05) is 115 Å². The van der Waals surface area contributed by atoms with Gasteiger partial charge in [0.2, 0.25) is 0 Å². The molecule has 0 aliphatic carbocycles. The van der Waals surface area contributed by atoms with Crippen molar-refractivity contribution in [2.75, 3.05) is 39.3 Å². The lowest BCUT2D eigenvalue weighted by Gasteiger charge is -2.21. The van der Waals surface area contributed by atoms with Crippen molar-refractivity contribution in [1.29, 1.82) is 0 Å². The third-order valence-electron chi connectivity index (χ3n) is 8.00.